The van der Waals surface area contributed by atoms with Crippen molar-refractivity contribution in [3.63, 3.8) is 0 Å². The van der Waals surface area contributed by atoms with E-state index in [0.717, 1.165) is 12.8 Å². The quantitative estimate of drug-likeness (QED) is 0.649. The van der Waals surface area contributed by atoms with E-state index in [4.69, 9.17) is 4.74 Å². The van der Waals surface area contributed by atoms with Gasteiger partial charge in [0.15, 0.2) is 0 Å². The lowest BCUT2D eigenvalue weighted by Gasteiger charge is -2.26. The smallest absolute Gasteiger partial charge is 0.282 e. The van der Waals surface area contributed by atoms with Crippen molar-refractivity contribution in [1.82, 2.24) is 8.61 Å². The van der Waals surface area contributed by atoms with Gasteiger partial charge in [0.25, 0.3) is 10.2 Å². The van der Waals surface area contributed by atoms with Gasteiger partial charge in [-0.05, 0) is 12.8 Å². The summed E-state index contributed by atoms with van der Waals surface area (Å²) in [6.07, 6.45) is 1.93. The summed E-state index contributed by atoms with van der Waals surface area (Å²) in [6.45, 7) is 2.63. The van der Waals surface area contributed by atoms with Gasteiger partial charge >= 0.3 is 0 Å². The fraction of sp³-hybridized carbons (Fsp3) is 1.00. The predicted molar refractivity (Wildman–Crippen MR) is 67.0 cm³/mol. The van der Waals surface area contributed by atoms with Gasteiger partial charge in [-0.25, -0.2) is 0 Å². The topological polar surface area (TPSA) is 49.9 Å². The summed E-state index contributed by atoms with van der Waals surface area (Å²) in [6, 6.07) is 0. The molecule has 0 amide bonds. The first-order valence-corrected chi connectivity index (χ1v) is 7.95. The Morgan fingerprint density at radius 2 is 1.94 bits per heavy atom. The number of hydrogen-bond donors (Lipinski definition) is 0. The van der Waals surface area contributed by atoms with Crippen LogP contribution in [0.3, 0.4) is 0 Å². The molecule has 0 aromatic carbocycles. The highest BCUT2D eigenvalue weighted by Gasteiger charge is 2.30. The van der Waals surface area contributed by atoms with Crippen LogP contribution in [0.5, 0.6) is 0 Å². The standard InChI is InChI=1S/C9H19BrN2O3S/c1-15-9-8-12(7-4-10)16(13,14)11-5-2-3-6-11/h2-9H2,1H3. The van der Waals surface area contributed by atoms with Crippen LogP contribution in [0.2, 0.25) is 0 Å². The molecular weight excluding hydrogens is 296 g/mol. The second kappa shape index (κ2) is 6.90. The van der Waals surface area contributed by atoms with E-state index < -0.39 is 10.2 Å². The average molecular weight is 315 g/mol. The summed E-state index contributed by atoms with van der Waals surface area (Å²) in [5.74, 6) is 0. The van der Waals surface area contributed by atoms with E-state index in [9.17, 15) is 8.42 Å². The first kappa shape index (κ1) is 14.4. The highest BCUT2D eigenvalue weighted by atomic mass is 79.9. The predicted octanol–water partition coefficient (Wildman–Crippen LogP) is 0.670. The van der Waals surface area contributed by atoms with Gasteiger partial charge in [-0.3, -0.25) is 0 Å². The van der Waals surface area contributed by atoms with E-state index in [1.165, 1.54) is 4.31 Å². The molecule has 1 fully saturated rings. The Kier molecular flexibility index (Phi) is 6.20. The molecule has 16 heavy (non-hydrogen) atoms. The van der Waals surface area contributed by atoms with Crippen LogP contribution in [0.25, 0.3) is 0 Å². The molecule has 96 valence electrons. The third-order valence-corrected chi connectivity index (χ3v) is 4.99. The third-order valence-electron chi connectivity index (χ3n) is 2.60. The number of hydrogen-bond acceptors (Lipinski definition) is 3. The van der Waals surface area contributed by atoms with Gasteiger partial charge in [0.1, 0.15) is 0 Å². The van der Waals surface area contributed by atoms with Crippen molar-refractivity contribution in [1.29, 1.82) is 0 Å². The molecule has 0 aliphatic carbocycles. The molecule has 0 atom stereocenters. The molecular formula is C9H19BrN2O3S. The number of ether oxygens (including phenoxy) is 1. The fourth-order valence-corrected chi connectivity index (χ4v) is 4.05. The van der Waals surface area contributed by atoms with Gasteiger partial charge < -0.3 is 4.74 Å². The first-order valence-electron chi connectivity index (χ1n) is 5.43. The number of methoxy groups -OCH3 is 1. The molecule has 1 rings (SSSR count). The Bertz CT molecular complexity index is 291. The normalized spacial score (nSPS) is 18.4. The highest BCUT2D eigenvalue weighted by Crippen LogP contribution is 2.16. The fourth-order valence-electron chi connectivity index (χ4n) is 1.71. The zero-order valence-electron chi connectivity index (χ0n) is 9.56. The molecule has 1 aliphatic heterocycles. The van der Waals surface area contributed by atoms with Crippen LogP contribution >= 0.6 is 15.9 Å². The molecule has 0 radical (unpaired) electrons. The van der Waals surface area contributed by atoms with Gasteiger partial charge in [-0.1, -0.05) is 15.9 Å². The van der Waals surface area contributed by atoms with E-state index in [1.807, 2.05) is 0 Å². The van der Waals surface area contributed by atoms with Gasteiger partial charge in [0.05, 0.1) is 6.61 Å². The molecule has 7 heteroatoms. The van der Waals surface area contributed by atoms with E-state index in [0.29, 0.717) is 38.1 Å². The van der Waals surface area contributed by atoms with E-state index in [1.54, 1.807) is 11.4 Å². The monoisotopic (exact) mass is 314 g/mol. The lowest BCUT2D eigenvalue weighted by Crippen LogP contribution is -2.44. The zero-order chi connectivity index (χ0) is 12.0. The van der Waals surface area contributed by atoms with Gasteiger partial charge in [-0.15, -0.1) is 0 Å². The Labute approximate surface area is 106 Å². The number of alkyl halides is 1. The molecule has 0 aromatic rings. The maximum atomic E-state index is 12.2. The van der Waals surface area contributed by atoms with Crippen LogP contribution in [-0.2, 0) is 14.9 Å². The minimum absolute atomic E-state index is 0.418. The van der Waals surface area contributed by atoms with Crippen LogP contribution in [-0.4, -0.2) is 62.3 Å². The Hall–Kier alpha value is 0.310. The van der Waals surface area contributed by atoms with Gasteiger partial charge in [-0.2, -0.15) is 17.0 Å². The largest absolute Gasteiger partial charge is 0.383 e. The van der Waals surface area contributed by atoms with Crippen molar-refractivity contribution >= 4 is 26.1 Å². The number of rotatable bonds is 7. The van der Waals surface area contributed by atoms with Crippen LogP contribution in [0.15, 0.2) is 0 Å². The van der Waals surface area contributed by atoms with Crippen LogP contribution in [0.1, 0.15) is 12.8 Å². The molecule has 5 nitrogen and oxygen atoms in total. The Morgan fingerprint density at radius 3 is 2.44 bits per heavy atom. The summed E-state index contributed by atoms with van der Waals surface area (Å²) >= 11 is 3.28. The summed E-state index contributed by atoms with van der Waals surface area (Å²) in [5, 5.41) is 0.643. The van der Waals surface area contributed by atoms with Crippen molar-refractivity contribution in [2.24, 2.45) is 0 Å². The SMILES string of the molecule is COCCN(CCBr)S(=O)(=O)N1CCCC1. The number of halogens is 1. The van der Waals surface area contributed by atoms with E-state index in [2.05, 4.69) is 15.9 Å². The van der Waals surface area contributed by atoms with Crippen molar-refractivity contribution in [3.8, 4) is 0 Å². The van der Waals surface area contributed by atoms with Gasteiger partial charge in [0, 0.05) is 38.6 Å². The van der Waals surface area contributed by atoms with E-state index >= 15 is 0 Å². The molecule has 0 aromatic heterocycles. The second-order valence-electron chi connectivity index (χ2n) is 3.69. The van der Waals surface area contributed by atoms with Crippen molar-refractivity contribution in [3.05, 3.63) is 0 Å². The Morgan fingerprint density at radius 1 is 1.31 bits per heavy atom. The summed E-state index contributed by atoms with van der Waals surface area (Å²) in [5.41, 5.74) is 0. The third kappa shape index (κ3) is 3.66. The number of nitrogens with zero attached hydrogens (tertiary/aromatic N) is 2. The van der Waals surface area contributed by atoms with Crippen LogP contribution in [0, 0.1) is 0 Å². The molecule has 0 unspecified atom stereocenters. The highest BCUT2D eigenvalue weighted by molar-refractivity contribution is 9.09. The summed E-state index contributed by atoms with van der Waals surface area (Å²) < 4.78 is 32.4. The minimum atomic E-state index is -3.28. The molecule has 0 N–H and O–H groups in total. The maximum Gasteiger partial charge on any atom is 0.282 e. The van der Waals surface area contributed by atoms with Crippen LogP contribution < -0.4 is 0 Å². The summed E-state index contributed by atoms with van der Waals surface area (Å²) in [7, 11) is -1.70. The van der Waals surface area contributed by atoms with Crippen molar-refractivity contribution in [2.45, 2.75) is 12.8 Å². The minimum Gasteiger partial charge on any atom is -0.383 e. The lowest BCUT2D eigenvalue weighted by molar-refractivity contribution is 0.178. The van der Waals surface area contributed by atoms with Crippen LogP contribution in [0.4, 0.5) is 0 Å². The molecule has 0 saturated carbocycles. The van der Waals surface area contributed by atoms with Crippen molar-refractivity contribution < 1.29 is 13.2 Å². The van der Waals surface area contributed by atoms with E-state index in [-0.39, 0.29) is 0 Å². The zero-order valence-corrected chi connectivity index (χ0v) is 12.0. The molecule has 0 spiro atoms. The summed E-state index contributed by atoms with van der Waals surface area (Å²) in [4.78, 5) is 0. The lowest BCUT2D eigenvalue weighted by atomic mass is 10.4. The molecule has 0 bridgehead atoms. The molecule has 1 aliphatic rings. The van der Waals surface area contributed by atoms with Crippen molar-refractivity contribution in [2.75, 3.05) is 45.2 Å². The first-order chi connectivity index (χ1) is 7.62. The average Bonchev–Trinajstić information content (AvgIpc) is 2.77. The maximum absolute atomic E-state index is 12.2. The second-order valence-corrected chi connectivity index (χ2v) is 6.42. The Balaban J connectivity index is 2.66. The molecule has 1 heterocycles. The molecule has 1 saturated heterocycles. The van der Waals surface area contributed by atoms with Gasteiger partial charge in [0.2, 0.25) is 0 Å².